The van der Waals surface area contributed by atoms with Gasteiger partial charge in [-0.15, -0.1) is 0 Å². The number of halogens is 1. The fraction of sp³-hybridized carbons (Fsp3) is 0.533. The summed E-state index contributed by atoms with van der Waals surface area (Å²) in [5.41, 5.74) is 2.10. The number of nitrogens with one attached hydrogen (secondary N) is 1. The first kappa shape index (κ1) is 15.3. The Morgan fingerprint density at radius 1 is 1.40 bits per heavy atom. The van der Waals surface area contributed by atoms with Crippen LogP contribution in [-0.2, 0) is 11.3 Å². The Hall–Kier alpha value is -1.07. The van der Waals surface area contributed by atoms with Crippen molar-refractivity contribution in [2.75, 3.05) is 26.7 Å². The predicted octanol–water partition coefficient (Wildman–Crippen LogP) is 2.48. The van der Waals surface area contributed by atoms with Crippen LogP contribution in [0.1, 0.15) is 24.0 Å². The molecule has 1 aliphatic heterocycles. The molecule has 0 spiro atoms. The lowest BCUT2D eigenvalue weighted by molar-refractivity contribution is -0.132. The lowest BCUT2D eigenvalue weighted by atomic mass is 10.1. The highest BCUT2D eigenvalue weighted by Gasteiger charge is 2.19. The molecular formula is C15H21BrN2O2. The van der Waals surface area contributed by atoms with Crippen LogP contribution >= 0.6 is 15.9 Å². The number of benzene rings is 1. The standard InChI is InChI=1S/C15H21BrN2O2/c1-11-7-13(16)8-12(9-17-2)15(11)20-10-14(19)18-5-3-4-6-18/h7-8,17H,3-6,9-10H2,1-2H3. The van der Waals surface area contributed by atoms with Crippen molar-refractivity contribution in [2.24, 2.45) is 0 Å². The number of hydrogen-bond acceptors (Lipinski definition) is 3. The topological polar surface area (TPSA) is 41.6 Å². The molecule has 1 amide bonds. The maximum atomic E-state index is 12.0. The van der Waals surface area contributed by atoms with Crippen molar-refractivity contribution in [2.45, 2.75) is 26.3 Å². The largest absolute Gasteiger partial charge is 0.483 e. The van der Waals surface area contributed by atoms with Gasteiger partial charge in [0.15, 0.2) is 6.61 Å². The van der Waals surface area contributed by atoms with Crippen LogP contribution in [0.2, 0.25) is 0 Å². The van der Waals surface area contributed by atoms with Crippen molar-refractivity contribution in [3.8, 4) is 5.75 Å². The Morgan fingerprint density at radius 2 is 2.10 bits per heavy atom. The SMILES string of the molecule is CNCc1cc(Br)cc(C)c1OCC(=O)N1CCCC1. The summed E-state index contributed by atoms with van der Waals surface area (Å²) in [4.78, 5) is 13.9. The molecule has 2 rings (SSSR count). The van der Waals surface area contributed by atoms with Crippen molar-refractivity contribution < 1.29 is 9.53 Å². The summed E-state index contributed by atoms with van der Waals surface area (Å²) < 4.78 is 6.82. The van der Waals surface area contributed by atoms with Gasteiger partial charge in [0.1, 0.15) is 5.75 Å². The maximum absolute atomic E-state index is 12.0. The van der Waals surface area contributed by atoms with Crippen LogP contribution in [0.15, 0.2) is 16.6 Å². The second kappa shape index (κ2) is 7.09. The molecule has 0 unspecified atom stereocenters. The molecule has 0 atom stereocenters. The molecule has 1 saturated heterocycles. The fourth-order valence-corrected chi connectivity index (χ4v) is 3.14. The van der Waals surface area contributed by atoms with Crippen LogP contribution in [0.4, 0.5) is 0 Å². The quantitative estimate of drug-likeness (QED) is 0.895. The van der Waals surface area contributed by atoms with Crippen LogP contribution in [0.25, 0.3) is 0 Å². The number of nitrogens with zero attached hydrogens (tertiary/aromatic N) is 1. The molecular weight excluding hydrogens is 320 g/mol. The van der Waals surface area contributed by atoms with E-state index < -0.39 is 0 Å². The summed E-state index contributed by atoms with van der Waals surface area (Å²) in [5.74, 6) is 0.898. The average Bonchev–Trinajstić information content (AvgIpc) is 2.91. The fourth-order valence-electron chi connectivity index (χ4n) is 2.52. The van der Waals surface area contributed by atoms with Crippen LogP contribution < -0.4 is 10.1 Å². The van der Waals surface area contributed by atoms with Crippen molar-refractivity contribution in [1.82, 2.24) is 10.2 Å². The number of rotatable bonds is 5. The van der Waals surface area contributed by atoms with Gasteiger partial charge in [-0.2, -0.15) is 0 Å². The first-order valence-corrected chi connectivity index (χ1v) is 7.75. The van der Waals surface area contributed by atoms with E-state index in [2.05, 4.69) is 21.2 Å². The van der Waals surface area contributed by atoms with Crippen molar-refractivity contribution in [3.63, 3.8) is 0 Å². The van der Waals surface area contributed by atoms with Crippen molar-refractivity contribution in [1.29, 1.82) is 0 Å². The Morgan fingerprint density at radius 3 is 2.75 bits per heavy atom. The number of carbonyl (C=O) groups excluding carboxylic acids is 1. The number of hydrogen-bond donors (Lipinski definition) is 1. The zero-order valence-electron chi connectivity index (χ0n) is 12.0. The van der Waals surface area contributed by atoms with Gasteiger partial charge in [-0.25, -0.2) is 0 Å². The molecule has 4 nitrogen and oxygen atoms in total. The second-order valence-corrected chi connectivity index (χ2v) is 6.03. The number of ether oxygens (including phenoxy) is 1. The Kier molecular flexibility index (Phi) is 5.43. The third kappa shape index (κ3) is 3.73. The van der Waals surface area contributed by atoms with E-state index in [1.54, 1.807) is 0 Å². The lowest BCUT2D eigenvalue weighted by Gasteiger charge is -2.18. The second-order valence-electron chi connectivity index (χ2n) is 5.12. The van der Waals surface area contributed by atoms with Crippen LogP contribution in [0.5, 0.6) is 5.75 Å². The van der Waals surface area contributed by atoms with Crippen molar-refractivity contribution >= 4 is 21.8 Å². The van der Waals surface area contributed by atoms with Crippen molar-refractivity contribution in [3.05, 3.63) is 27.7 Å². The van der Waals surface area contributed by atoms with Gasteiger partial charge in [0.2, 0.25) is 0 Å². The monoisotopic (exact) mass is 340 g/mol. The molecule has 1 heterocycles. The molecule has 110 valence electrons. The van der Waals surface area contributed by atoms with E-state index in [0.29, 0.717) is 6.54 Å². The van der Waals surface area contributed by atoms with Gasteiger partial charge in [-0.3, -0.25) is 4.79 Å². The first-order chi connectivity index (χ1) is 9.61. The van der Waals surface area contributed by atoms with Gasteiger partial charge < -0.3 is 15.0 Å². The minimum atomic E-state index is 0.0835. The van der Waals surface area contributed by atoms with E-state index in [4.69, 9.17) is 4.74 Å². The average molecular weight is 341 g/mol. The number of aryl methyl sites for hydroxylation is 1. The molecule has 0 bridgehead atoms. The van der Waals surface area contributed by atoms with E-state index in [0.717, 1.165) is 47.3 Å². The molecule has 0 radical (unpaired) electrons. The lowest BCUT2D eigenvalue weighted by Crippen LogP contribution is -2.32. The molecule has 1 aliphatic rings. The van der Waals surface area contributed by atoms with E-state index in [9.17, 15) is 4.79 Å². The number of amides is 1. The zero-order chi connectivity index (χ0) is 14.5. The normalized spacial score (nSPS) is 14.7. The molecule has 1 aromatic carbocycles. The third-order valence-electron chi connectivity index (χ3n) is 3.48. The van der Waals surface area contributed by atoms with E-state index >= 15 is 0 Å². The Bertz CT molecular complexity index is 485. The number of likely N-dealkylation sites (tertiary alicyclic amines) is 1. The van der Waals surface area contributed by atoms with Crippen LogP contribution in [-0.4, -0.2) is 37.6 Å². The van der Waals surface area contributed by atoms with Crippen LogP contribution in [0, 0.1) is 6.92 Å². The van der Waals surface area contributed by atoms with Gasteiger partial charge in [0.05, 0.1) is 0 Å². The van der Waals surface area contributed by atoms with Crippen LogP contribution in [0.3, 0.4) is 0 Å². The van der Waals surface area contributed by atoms with Gasteiger partial charge >= 0.3 is 0 Å². The highest BCUT2D eigenvalue weighted by molar-refractivity contribution is 9.10. The smallest absolute Gasteiger partial charge is 0.260 e. The minimum Gasteiger partial charge on any atom is -0.483 e. The summed E-state index contributed by atoms with van der Waals surface area (Å²) >= 11 is 3.49. The molecule has 0 saturated carbocycles. The Balaban J connectivity index is 2.06. The predicted molar refractivity (Wildman–Crippen MR) is 83.0 cm³/mol. The highest BCUT2D eigenvalue weighted by atomic mass is 79.9. The molecule has 0 aromatic heterocycles. The summed E-state index contributed by atoms with van der Waals surface area (Å²) in [5, 5.41) is 3.13. The first-order valence-electron chi connectivity index (χ1n) is 6.96. The van der Waals surface area contributed by atoms with E-state index in [1.165, 1.54) is 0 Å². The van der Waals surface area contributed by atoms with E-state index in [-0.39, 0.29) is 12.5 Å². The summed E-state index contributed by atoms with van der Waals surface area (Å²) in [6.07, 6.45) is 2.21. The number of carbonyl (C=O) groups is 1. The summed E-state index contributed by atoms with van der Waals surface area (Å²) in [6, 6.07) is 4.04. The zero-order valence-corrected chi connectivity index (χ0v) is 13.6. The van der Waals surface area contributed by atoms with Gasteiger partial charge in [0.25, 0.3) is 5.91 Å². The Labute approximate surface area is 128 Å². The molecule has 0 aliphatic carbocycles. The van der Waals surface area contributed by atoms with Gasteiger partial charge in [-0.1, -0.05) is 15.9 Å². The van der Waals surface area contributed by atoms with E-state index in [1.807, 2.05) is 31.0 Å². The molecule has 5 heteroatoms. The molecule has 1 aromatic rings. The molecule has 1 fully saturated rings. The summed E-state index contributed by atoms with van der Waals surface area (Å²) in [7, 11) is 1.90. The maximum Gasteiger partial charge on any atom is 0.260 e. The van der Waals surface area contributed by atoms with Gasteiger partial charge in [0, 0.05) is 29.7 Å². The third-order valence-corrected chi connectivity index (χ3v) is 3.94. The summed E-state index contributed by atoms with van der Waals surface area (Å²) in [6.45, 7) is 4.57. The minimum absolute atomic E-state index is 0.0835. The highest BCUT2D eigenvalue weighted by Crippen LogP contribution is 2.28. The molecule has 1 N–H and O–H groups in total. The molecule has 20 heavy (non-hydrogen) atoms. The van der Waals surface area contributed by atoms with Gasteiger partial charge in [-0.05, 0) is 44.5 Å².